The number of nitro groups is 2. The average Bonchev–Trinajstić information content (AvgIpc) is 3.51. The first-order valence-corrected chi connectivity index (χ1v) is 23.1. The maximum Gasteiger partial charge on any atom is 0.306 e. The molecule has 2 amide bonds. The van der Waals surface area contributed by atoms with E-state index in [4.69, 9.17) is 14.2 Å². The standard InChI is InChI=1S/C23H16FN3O7S.C21H23FN2O7S/c24-14-5-8-17(9-6-14)35(32,33)26-13-16(34-21-10-7-15(27(30)31)11-20(21)26)12-25-22(28)18-3-1-2-4-19(18)23(25)29;1-21(2,3)31-20(25)11-7-16-13-23(32(28,29)17-8-4-14(22)5-9-17)18-12-15(24(26)27)6-10-19(18)30-16/h1-11,16H,12-13H2;4-6,8-10,12,16H,7,11,13H2,1-3H3. The van der Waals surface area contributed by atoms with E-state index < -0.39 is 77.1 Å². The molecule has 350 valence electrons. The van der Waals surface area contributed by atoms with Gasteiger partial charge >= 0.3 is 5.97 Å². The summed E-state index contributed by atoms with van der Waals surface area (Å²) in [6.07, 6.45) is -1.51. The Bertz CT molecular complexity index is 2990. The Hall–Kier alpha value is -7.53. The highest BCUT2D eigenvalue weighted by atomic mass is 32.2. The molecule has 3 heterocycles. The Morgan fingerprint density at radius 3 is 1.52 bits per heavy atom. The number of esters is 1. The minimum absolute atomic E-state index is 0.00274. The number of benzene rings is 5. The minimum Gasteiger partial charge on any atom is -0.486 e. The predicted octanol–water partition coefficient (Wildman–Crippen LogP) is 6.80. The highest BCUT2D eigenvalue weighted by Crippen LogP contribution is 2.42. The van der Waals surface area contributed by atoms with E-state index in [0.29, 0.717) is 0 Å². The topological polar surface area (TPSA) is 243 Å². The summed E-state index contributed by atoms with van der Waals surface area (Å²) in [6, 6.07) is 21.8. The van der Waals surface area contributed by atoms with Crippen LogP contribution in [0.15, 0.2) is 119 Å². The van der Waals surface area contributed by atoms with Crippen LogP contribution >= 0.6 is 0 Å². The number of sulfonamides is 2. The van der Waals surface area contributed by atoms with Crippen molar-refractivity contribution >= 4 is 60.6 Å². The van der Waals surface area contributed by atoms with E-state index in [1.54, 1.807) is 32.9 Å². The van der Waals surface area contributed by atoms with Crippen molar-refractivity contribution in [3.63, 3.8) is 0 Å². The lowest BCUT2D eigenvalue weighted by molar-refractivity contribution is -0.385. The number of rotatable bonds is 11. The van der Waals surface area contributed by atoms with Crippen LogP contribution < -0.4 is 18.1 Å². The molecule has 5 aromatic carbocycles. The molecule has 0 saturated heterocycles. The molecular formula is C44H39F2N5O14S2. The number of nitrogens with zero attached hydrogens (tertiary/aromatic N) is 5. The smallest absolute Gasteiger partial charge is 0.306 e. The van der Waals surface area contributed by atoms with Gasteiger partial charge < -0.3 is 14.2 Å². The third-order valence-electron chi connectivity index (χ3n) is 10.3. The highest BCUT2D eigenvalue weighted by Gasteiger charge is 2.42. The summed E-state index contributed by atoms with van der Waals surface area (Å²) in [5.74, 6) is -2.60. The van der Waals surface area contributed by atoms with Gasteiger partial charge in [-0.25, -0.2) is 25.6 Å². The van der Waals surface area contributed by atoms with Gasteiger partial charge in [0.1, 0.15) is 52.3 Å². The molecule has 0 fully saturated rings. The Morgan fingerprint density at radius 2 is 1.10 bits per heavy atom. The van der Waals surface area contributed by atoms with Gasteiger partial charge in [-0.05, 0) is 100.0 Å². The fourth-order valence-corrected chi connectivity index (χ4v) is 10.3. The van der Waals surface area contributed by atoms with E-state index in [9.17, 15) is 60.2 Å². The zero-order valence-corrected chi connectivity index (χ0v) is 37.2. The molecule has 0 radical (unpaired) electrons. The number of fused-ring (bicyclic) bond motifs is 3. The van der Waals surface area contributed by atoms with Gasteiger partial charge in [-0.1, -0.05) is 12.1 Å². The Labute approximate surface area is 381 Å². The molecule has 0 bridgehead atoms. The fourth-order valence-electron chi connectivity index (χ4n) is 7.28. The molecule has 3 aliphatic heterocycles. The van der Waals surface area contributed by atoms with E-state index in [1.807, 2.05) is 0 Å². The second kappa shape index (κ2) is 18.4. The number of hydrogen-bond acceptors (Lipinski definition) is 14. The molecule has 8 rings (SSSR count). The van der Waals surface area contributed by atoms with Crippen LogP contribution in [-0.4, -0.2) is 86.8 Å². The average molecular weight is 964 g/mol. The number of non-ortho nitro benzene ring substituents is 2. The molecule has 23 heteroatoms. The zero-order chi connectivity index (χ0) is 48.6. The summed E-state index contributed by atoms with van der Waals surface area (Å²) in [5.41, 5.74) is -0.933. The number of ether oxygens (including phenoxy) is 3. The second-order valence-corrected chi connectivity index (χ2v) is 19.9. The molecule has 0 saturated carbocycles. The maximum absolute atomic E-state index is 13.5. The van der Waals surface area contributed by atoms with Crippen molar-refractivity contribution in [2.75, 3.05) is 28.2 Å². The quantitative estimate of drug-likeness (QED) is 0.0572. The normalized spacial score (nSPS) is 16.6. The molecule has 5 aromatic rings. The minimum atomic E-state index is -4.31. The van der Waals surface area contributed by atoms with Crippen LogP contribution in [0.5, 0.6) is 11.5 Å². The number of halogens is 2. The highest BCUT2D eigenvalue weighted by molar-refractivity contribution is 7.93. The van der Waals surface area contributed by atoms with E-state index in [2.05, 4.69) is 0 Å². The van der Waals surface area contributed by atoms with Crippen LogP contribution in [0.3, 0.4) is 0 Å². The van der Waals surface area contributed by atoms with Crippen LogP contribution in [-0.2, 0) is 29.6 Å². The van der Waals surface area contributed by atoms with E-state index in [1.165, 1.54) is 30.3 Å². The number of nitro benzene ring substituents is 2. The Morgan fingerprint density at radius 1 is 0.687 bits per heavy atom. The van der Waals surface area contributed by atoms with Gasteiger partial charge in [0.05, 0.1) is 50.4 Å². The first-order valence-electron chi connectivity index (χ1n) is 20.2. The van der Waals surface area contributed by atoms with Crippen molar-refractivity contribution in [3.05, 3.63) is 152 Å². The summed E-state index contributed by atoms with van der Waals surface area (Å²) in [4.78, 5) is 59.4. The monoisotopic (exact) mass is 963 g/mol. The van der Waals surface area contributed by atoms with Gasteiger partial charge in [0, 0.05) is 30.7 Å². The molecule has 0 N–H and O–H groups in total. The van der Waals surface area contributed by atoms with Crippen LogP contribution in [0, 0.1) is 31.9 Å². The van der Waals surface area contributed by atoms with Crippen molar-refractivity contribution in [2.45, 2.75) is 61.2 Å². The van der Waals surface area contributed by atoms with Gasteiger partial charge in [0.25, 0.3) is 43.2 Å². The first kappa shape index (κ1) is 47.4. The van der Waals surface area contributed by atoms with Crippen LogP contribution in [0.4, 0.5) is 31.5 Å². The van der Waals surface area contributed by atoms with Gasteiger partial charge in [-0.3, -0.25) is 48.1 Å². The summed E-state index contributed by atoms with van der Waals surface area (Å²) >= 11 is 0. The Balaban J connectivity index is 0.000000200. The van der Waals surface area contributed by atoms with Crippen molar-refractivity contribution in [1.29, 1.82) is 0 Å². The fraction of sp³-hybridized carbons (Fsp3) is 0.250. The molecule has 2 unspecified atom stereocenters. The maximum atomic E-state index is 13.5. The van der Waals surface area contributed by atoms with E-state index in [-0.39, 0.29) is 87.6 Å². The number of carbonyl (C=O) groups is 3. The van der Waals surface area contributed by atoms with Crippen molar-refractivity contribution in [2.24, 2.45) is 0 Å². The second-order valence-electron chi connectivity index (χ2n) is 16.2. The van der Waals surface area contributed by atoms with Crippen LogP contribution in [0.2, 0.25) is 0 Å². The van der Waals surface area contributed by atoms with Gasteiger partial charge in [0.15, 0.2) is 0 Å². The molecule has 3 aliphatic rings. The van der Waals surface area contributed by atoms with Gasteiger partial charge in [-0.2, -0.15) is 0 Å². The number of imide groups is 1. The van der Waals surface area contributed by atoms with E-state index >= 15 is 0 Å². The first-order chi connectivity index (χ1) is 31.5. The number of carbonyl (C=O) groups excluding carboxylic acids is 3. The van der Waals surface area contributed by atoms with Crippen molar-refractivity contribution in [1.82, 2.24) is 4.90 Å². The number of hydrogen-bond donors (Lipinski definition) is 0. The van der Waals surface area contributed by atoms with Crippen LogP contribution in [0.1, 0.15) is 54.3 Å². The zero-order valence-electron chi connectivity index (χ0n) is 35.6. The third-order valence-corrected chi connectivity index (χ3v) is 13.9. The third kappa shape index (κ3) is 10.2. The van der Waals surface area contributed by atoms with E-state index in [0.717, 1.165) is 80.2 Å². The largest absolute Gasteiger partial charge is 0.486 e. The lowest BCUT2D eigenvalue weighted by Gasteiger charge is -2.36. The van der Waals surface area contributed by atoms with Gasteiger partial charge in [0.2, 0.25) is 0 Å². The van der Waals surface area contributed by atoms with Crippen LogP contribution in [0.25, 0.3) is 0 Å². The summed E-state index contributed by atoms with van der Waals surface area (Å²) in [6.45, 7) is 4.43. The molecule has 67 heavy (non-hydrogen) atoms. The molecule has 0 aromatic heterocycles. The SMILES string of the molecule is CC(C)(C)OC(=O)CCC1CN(S(=O)(=O)c2ccc(F)cc2)c2cc([N+](=O)[O-])ccc2O1.O=C1c2ccccc2C(=O)N1CC1CN(S(=O)(=O)c2ccc(F)cc2)c2cc([N+](=O)[O-])ccc2O1. The Kier molecular flexibility index (Phi) is 13.0. The lowest BCUT2D eigenvalue weighted by Crippen LogP contribution is -2.49. The summed E-state index contributed by atoms with van der Waals surface area (Å²) < 4.78 is 99.1. The molecule has 0 spiro atoms. The summed E-state index contributed by atoms with van der Waals surface area (Å²) in [7, 11) is -8.49. The number of anilines is 2. The van der Waals surface area contributed by atoms with Crippen molar-refractivity contribution < 1.29 is 64.1 Å². The molecule has 19 nitrogen and oxygen atoms in total. The van der Waals surface area contributed by atoms with Crippen molar-refractivity contribution in [3.8, 4) is 11.5 Å². The molecular weight excluding hydrogens is 925 g/mol. The number of amides is 2. The molecule has 0 aliphatic carbocycles. The molecule has 2 atom stereocenters. The predicted molar refractivity (Wildman–Crippen MR) is 234 cm³/mol. The lowest BCUT2D eigenvalue weighted by atomic mass is 10.1. The summed E-state index contributed by atoms with van der Waals surface area (Å²) in [5, 5.41) is 22.5. The van der Waals surface area contributed by atoms with Gasteiger partial charge in [-0.15, -0.1) is 0 Å².